The largest absolute Gasteiger partial charge is 0.369 e. The molecule has 1 fully saturated rings. The van der Waals surface area contributed by atoms with Gasteiger partial charge in [-0.1, -0.05) is 19.4 Å². The van der Waals surface area contributed by atoms with Crippen molar-refractivity contribution >= 4 is 21.7 Å². The third-order valence-electron chi connectivity index (χ3n) is 2.97. The van der Waals surface area contributed by atoms with Crippen molar-refractivity contribution in [3.05, 3.63) is 22.8 Å². The number of hydrogen-bond acceptors (Lipinski definition) is 2. The summed E-state index contributed by atoms with van der Waals surface area (Å²) in [6, 6.07) is 5.95. The van der Waals surface area contributed by atoms with Gasteiger partial charge in [0.1, 0.15) is 10.4 Å². The van der Waals surface area contributed by atoms with Crippen LogP contribution in [0.15, 0.2) is 22.8 Å². The molecule has 1 N–H and O–H groups in total. The van der Waals surface area contributed by atoms with E-state index in [9.17, 15) is 0 Å². The van der Waals surface area contributed by atoms with Crippen molar-refractivity contribution in [2.75, 3.05) is 11.9 Å². The van der Waals surface area contributed by atoms with E-state index >= 15 is 0 Å². The van der Waals surface area contributed by atoms with Crippen molar-refractivity contribution in [1.82, 2.24) is 4.98 Å². The molecule has 0 saturated heterocycles. The van der Waals surface area contributed by atoms with Crippen molar-refractivity contribution in [3.63, 3.8) is 0 Å². The molecule has 0 bridgehead atoms. The van der Waals surface area contributed by atoms with Crippen LogP contribution in [0.25, 0.3) is 0 Å². The topological polar surface area (TPSA) is 24.9 Å². The van der Waals surface area contributed by atoms with Crippen LogP contribution in [-0.4, -0.2) is 11.5 Å². The quantitative estimate of drug-likeness (QED) is 0.837. The summed E-state index contributed by atoms with van der Waals surface area (Å²) >= 11 is 3.36. The Kier molecular flexibility index (Phi) is 2.77. The van der Waals surface area contributed by atoms with Gasteiger partial charge in [-0.25, -0.2) is 4.98 Å². The van der Waals surface area contributed by atoms with E-state index in [2.05, 4.69) is 33.2 Å². The van der Waals surface area contributed by atoms with Gasteiger partial charge in [0.25, 0.3) is 0 Å². The molecule has 0 radical (unpaired) electrons. The van der Waals surface area contributed by atoms with Gasteiger partial charge in [0.2, 0.25) is 0 Å². The number of pyridine rings is 1. The number of halogens is 1. The van der Waals surface area contributed by atoms with Gasteiger partial charge < -0.3 is 5.32 Å². The molecule has 0 aliphatic heterocycles. The van der Waals surface area contributed by atoms with Crippen LogP contribution in [-0.2, 0) is 0 Å². The van der Waals surface area contributed by atoms with Crippen molar-refractivity contribution in [3.8, 4) is 0 Å². The van der Waals surface area contributed by atoms with E-state index in [0.717, 1.165) is 17.0 Å². The molecule has 1 heterocycles. The van der Waals surface area contributed by atoms with Crippen molar-refractivity contribution in [2.45, 2.75) is 26.2 Å². The molecule has 0 unspecified atom stereocenters. The van der Waals surface area contributed by atoms with Crippen molar-refractivity contribution in [2.24, 2.45) is 5.41 Å². The van der Waals surface area contributed by atoms with Crippen LogP contribution in [0.3, 0.4) is 0 Å². The molecule has 2 rings (SSSR count). The molecule has 1 aliphatic rings. The van der Waals surface area contributed by atoms with E-state index in [1.54, 1.807) is 0 Å². The molecule has 0 spiro atoms. The average molecular weight is 255 g/mol. The zero-order valence-electron chi connectivity index (χ0n) is 8.39. The molecule has 14 heavy (non-hydrogen) atoms. The summed E-state index contributed by atoms with van der Waals surface area (Å²) < 4.78 is 0.890. The maximum Gasteiger partial charge on any atom is 0.127 e. The molecule has 2 nitrogen and oxygen atoms in total. The first-order chi connectivity index (χ1) is 6.68. The normalized spacial score (nSPS) is 18.7. The van der Waals surface area contributed by atoms with Gasteiger partial charge in [0.15, 0.2) is 0 Å². The monoisotopic (exact) mass is 254 g/mol. The SMILES string of the molecule is CC1(CNc2cccc(Br)n2)CCC1. The molecular formula is C11H15BrN2. The Labute approximate surface area is 93.3 Å². The summed E-state index contributed by atoms with van der Waals surface area (Å²) in [6.45, 7) is 3.37. The molecule has 0 atom stereocenters. The third kappa shape index (κ3) is 2.27. The maximum absolute atomic E-state index is 4.34. The lowest BCUT2D eigenvalue weighted by Gasteiger charge is -2.38. The number of anilines is 1. The Morgan fingerprint density at radius 1 is 1.50 bits per heavy atom. The molecule has 0 aromatic carbocycles. The molecular weight excluding hydrogens is 240 g/mol. The second-order valence-corrected chi connectivity index (χ2v) is 5.18. The highest BCUT2D eigenvalue weighted by molar-refractivity contribution is 9.10. The number of nitrogens with zero attached hydrogens (tertiary/aromatic N) is 1. The standard InChI is InChI=1S/C11H15BrN2/c1-11(6-3-7-11)8-13-10-5-2-4-9(12)14-10/h2,4-5H,3,6-8H2,1H3,(H,13,14). The van der Waals surface area contributed by atoms with Crippen molar-refractivity contribution in [1.29, 1.82) is 0 Å². The predicted molar refractivity (Wildman–Crippen MR) is 62.4 cm³/mol. The second kappa shape index (κ2) is 3.89. The Bertz CT molecular complexity index is 321. The summed E-state index contributed by atoms with van der Waals surface area (Å²) in [4.78, 5) is 4.34. The van der Waals surface area contributed by atoms with Gasteiger partial charge in [0.05, 0.1) is 0 Å². The van der Waals surface area contributed by atoms with E-state index in [-0.39, 0.29) is 0 Å². The lowest BCUT2D eigenvalue weighted by atomic mass is 9.70. The fourth-order valence-corrected chi connectivity index (χ4v) is 2.11. The first kappa shape index (κ1) is 9.97. The summed E-state index contributed by atoms with van der Waals surface area (Å²) in [5.41, 5.74) is 0.504. The van der Waals surface area contributed by atoms with E-state index in [1.807, 2.05) is 18.2 Å². The second-order valence-electron chi connectivity index (χ2n) is 4.36. The zero-order chi connectivity index (χ0) is 10.0. The van der Waals surface area contributed by atoms with Crippen LogP contribution >= 0.6 is 15.9 Å². The highest BCUT2D eigenvalue weighted by atomic mass is 79.9. The van der Waals surface area contributed by atoms with E-state index in [4.69, 9.17) is 0 Å². The summed E-state index contributed by atoms with van der Waals surface area (Å²) in [7, 11) is 0. The van der Waals surface area contributed by atoms with Crippen molar-refractivity contribution < 1.29 is 0 Å². The van der Waals surface area contributed by atoms with Gasteiger partial charge in [-0.05, 0) is 46.3 Å². The van der Waals surface area contributed by atoms with E-state index < -0.39 is 0 Å². The molecule has 1 aliphatic carbocycles. The predicted octanol–water partition coefficient (Wildman–Crippen LogP) is 3.45. The summed E-state index contributed by atoms with van der Waals surface area (Å²) in [5, 5.41) is 3.39. The lowest BCUT2D eigenvalue weighted by Crippen LogP contribution is -2.33. The molecule has 0 amide bonds. The van der Waals surface area contributed by atoms with Gasteiger partial charge in [-0.3, -0.25) is 0 Å². The molecule has 3 heteroatoms. The molecule has 1 aromatic rings. The number of hydrogen-bond donors (Lipinski definition) is 1. The van der Waals surface area contributed by atoms with Crippen LogP contribution in [0.1, 0.15) is 26.2 Å². The Morgan fingerprint density at radius 3 is 2.86 bits per heavy atom. The van der Waals surface area contributed by atoms with Crippen LogP contribution in [0.4, 0.5) is 5.82 Å². The van der Waals surface area contributed by atoms with Gasteiger partial charge in [-0.15, -0.1) is 0 Å². The first-order valence-electron chi connectivity index (χ1n) is 5.04. The van der Waals surface area contributed by atoms with Crippen LogP contribution in [0.2, 0.25) is 0 Å². The molecule has 1 aromatic heterocycles. The fourth-order valence-electron chi connectivity index (χ4n) is 1.77. The Balaban J connectivity index is 1.91. The summed E-state index contributed by atoms with van der Waals surface area (Å²) in [6.07, 6.45) is 4.06. The number of rotatable bonds is 3. The third-order valence-corrected chi connectivity index (χ3v) is 3.41. The van der Waals surface area contributed by atoms with Crippen LogP contribution in [0, 0.1) is 5.41 Å². The minimum Gasteiger partial charge on any atom is -0.369 e. The number of aromatic nitrogens is 1. The first-order valence-corrected chi connectivity index (χ1v) is 5.84. The highest BCUT2D eigenvalue weighted by Gasteiger charge is 2.31. The molecule has 1 saturated carbocycles. The van der Waals surface area contributed by atoms with Crippen LogP contribution < -0.4 is 5.32 Å². The lowest BCUT2D eigenvalue weighted by molar-refractivity contribution is 0.180. The minimum absolute atomic E-state index is 0.504. The fraction of sp³-hybridized carbons (Fsp3) is 0.545. The maximum atomic E-state index is 4.34. The van der Waals surface area contributed by atoms with Gasteiger partial charge in [0, 0.05) is 6.54 Å². The average Bonchev–Trinajstić information content (AvgIpc) is 2.12. The number of nitrogens with one attached hydrogen (secondary N) is 1. The summed E-state index contributed by atoms with van der Waals surface area (Å²) in [5.74, 6) is 0.965. The van der Waals surface area contributed by atoms with Gasteiger partial charge >= 0.3 is 0 Å². The minimum atomic E-state index is 0.504. The smallest absolute Gasteiger partial charge is 0.127 e. The molecule has 76 valence electrons. The van der Waals surface area contributed by atoms with Crippen LogP contribution in [0.5, 0.6) is 0 Å². The van der Waals surface area contributed by atoms with E-state index in [0.29, 0.717) is 5.41 Å². The van der Waals surface area contributed by atoms with E-state index in [1.165, 1.54) is 19.3 Å². The Hall–Kier alpha value is -0.570. The van der Waals surface area contributed by atoms with Gasteiger partial charge in [-0.2, -0.15) is 0 Å². The highest BCUT2D eigenvalue weighted by Crippen LogP contribution is 2.40. The zero-order valence-corrected chi connectivity index (χ0v) is 9.97. The Morgan fingerprint density at radius 2 is 2.29 bits per heavy atom.